The third-order valence-electron chi connectivity index (χ3n) is 4.78. The first-order chi connectivity index (χ1) is 11.5. The molecule has 2 aromatic carbocycles. The molecule has 2 aromatic rings. The van der Waals surface area contributed by atoms with Gasteiger partial charge in [-0.05, 0) is 48.4 Å². The summed E-state index contributed by atoms with van der Waals surface area (Å²) in [6.45, 7) is 3.61. The van der Waals surface area contributed by atoms with Crippen LogP contribution in [0.4, 0.5) is 0 Å². The van der Waals surface area contributed by atoms with E-state index in [1.165, 1.54) is 16.7 Å². The van der Waals surface area contributed by atoms with Crippen LogP contribution in [0.2, 0.25) is 0 Å². The molecule has 4 heteroatoms. The van der Waals surface area contributed by atoms with Crippen LogP contribution in [0, 0.1) is 0 Å². The lowest BCUT2D eigenvalue weighted by molar-refractivity contribution is 0.196. The molecule has 3 rings (SSSR count). The topological polar surface area (TPSA) is 41.9 Å². The molecule has 1 aliphatic heterocycles. The Morgan fingerprint density at radius 3 is 2.42 bits per heavy atom. The minimum absolute atomic E-state index is 0.198. The quantitative estimate of drug-likeness (QED) is 0.935. The number of aliphatic hydroxyl groups excluding tert-OH is 1. The highest BCUT2D eigenvalue weighted by Gasteiger charge is 2.28. The van der Waals surface area contributed by atoms with Gasteiger partial charge in [-0.3, -0.25) is 0 Å². The molecule has 0 bridgehead atoms. The largest absolute Gasteiger partial charge is 0.493 e. The van der Waals surface area contributed by atoms with Crippen LogP contribution in [0.3, 0.4) is 0 Å². The maximum absolute atomic E-state index is 10.2. The molecule has 0 fully saturated rings. The summed E-state index contributed by atoms with van der Waals surface area (Å²) >= 11 is 0. The average Bonchev–Trinajstić information content (AvgIpc) is 2.59. The van der Waals surface area contributed by atoms with Crippen molar-refractivity contribution in [2.45, 2.75) is 25.5 Å². The van der Waals surface area contributed by atoms with Crippen molar-refractivity contribution < 1.29 is 14.6 Å². The lowest BCUT2D eigenvalue weighted by Gasteiger charge is -2.34. The molecule has 1 aliphatic rings. The Balaban J connectivity index is 2.15. The van der Waals surface area contributed by atoms with Gasteiger partial charge in [0.1, 0.15) is 0 Å². The fraction of sp³-hybridized carbons (Fsp3) is 0.400. The molecule has 4 nitrogen and oxygen atoms in total. The van der Waals surface area contributed by atoms with E-state index in [0.29, 0.717) is 0 Å². The number of hydrogen-bond donors (Lipinski definition) is 1. The van der Waals surface area contributed by atoms with Gasteiger partial charge in [-0.15, -0.1) is 0 Å². The van der Waals surface area contributed by atoms with E-state index in [9.17, 15) is 5.11 Å². The number of methoxy groups -OCH3 is 2. The molecule has 0 saturated heterocycles. The average molecular weight is 327 g/mol. The number of benzene rings is 2. The van der Waals surface area contributed by atoms with Crippen LogP contribution in [0.25, 0.3) is 0 Å². The molecule has 0 saturated carbocycles. The van der Waals surface area contributed by atoms with Gasteiger partial charge < -0.3 is 19.5 Å². The fourth-order valence-corrected chi connectivity index (χ4v) is 3.64. The normalized spacial score (nSPS) is 18.8. The molecule has 128 valence electrons. The van der Waals surface area contributed by atoms with E-state index < -0.39 is 6.10 Å². The molecule has 0 spiro atoms. The van der Waals surface area contributed by atoms with E-state index >= 15 is 0 Å². The number of rotatable bonds is 4. The number of aliphatic hydroxyl groups is 1. The summed E-state index contributed by atoms with van der Waals surface area (Å²) in [4.78, 5) is 2.30. The van der Waals surface area contributed by atoms with E-state index in [2.05, 4.69) is 30.1 Å². The Morgan fingerprint density at radius 2 is 1.75 bits per heavy atom. The summed E-state index contributed by atoms with van der Waals surface area (Å²) in [5.74, 6) is 1.71. The van der Waals surface area contributed by atoms with Crippen LogP contribution < -0.4 is 9.47 Å². The molecule has 0 aliphatic carbocycles. The van der Waals surface area contributed by atoms with Crippen molar-refractivity contribution >= 4 is 0 Å². The molecule has 0 amide bonds. The predicted octanol–water partition coefficient (Wildman–Crippen LogP) is 3.33. The number of hydrogen-bond acceptors (Lipinski definition) is 4. The van der Waals surface area contributed by atoms with E-state index in [1.807, 2.05) is 25.1 Å². The van der Waals surface area contributed by atoms with Crippen molar-refractivity contribution in [1.29, 1.82) is 0 Å². The zero-order valence-corrected chi connectivity index (χ0v) is 14.7. The van der Waals surface area contributed by atoms with E-state index in [4.69, 9.17) is 9.47 Å². The molecule has 1 N–H and O–H groups in total. The van der Waals surface area contributed by atoms with Crippen molar-refractivity contribution in [3.05, 3.63) is 58.7 Å². The van der Waals surface area contributed by atoms with Gasteiger partial charge in [0.25, 0.3) is 0 Å². The van der Waals surface area contributed by atoms with Crippen LogP contribution >= 0.6 is 0 Å². The highest BCUT2D eigenvalue weighted by Crippen LogP contribution is 2.41. The Bertz CT molecular complexity index is 727. The first-order valence-corrected chi connectivity index (χ1v) is 8.25. The van der Waals surface area contributed by atoms with E-state index in [-0.39, 0.29) is 5.92 Å². The zero-order chi connectivity index (χ0) is 17.3. The second-order valence-corrected chi connectivity index (χ2v) is 6.46. The minimum Gasteiger partial charge on any atom is -0.493 e. The fourth-order valence-electron chi connectivity index (χ4n) is 3.64. The molecular formula is C20H25NO3. The first kappa shape index (κ1) is 16.8. The van der Waals surface area contributed by atoms with Crippen LogP contribution in [0.1, 0.15) is 41.2 Å². The summed E-state index contributed by atoms with van der Waals surface area (Å²) in [6, 6.07) is 12.3. The molecule has 2 unspecified atom stereocenters. The molecule has 0 radical (unpaired) electrons. The highest BCUT2D eigenvalue weighted by atomic mass is 16.5. The van der Waals surface area contributed by atoms with Crippen LogP contribution in [-0.4, -0.2) is 37.8 Å². The lowest BCUT2D eigenvalue weighted by Crippen LogP contribution is -2.31. The summed E-state index contributed by atoms with van der Waals surface area (Å²) < 4.78 is 11.0. The van der Waals surface area contributed by atoms with Gasteiger partial charge in [-0.1, -0.05) is 24.3 Å². The second kappa shape index (κ2) is 6.83. The summed E-state index contributed by atoms with van der Waals surface area (Å²) in [5.41, 5.74) is 4.65. The molecule has 24 heavy (non-hydrogen) atoms. The van der Waals surface area contributed by atoms with Gasteiger partial charge in [0, 0.05) is 19.0 Å². The van der Waals surface area contributed by atoms with Crippen molar-refractivity contribution in [2.24, 2.45) is 0 Å². The van der Waals surface area contributed by atoms with Gasteiger partial charge in [0.05, 0.1) is 20.3 Å². The Labute approximate surface area is 143 Å². The van der Waals surface area contributed by atoms with E-state index in [1.54, 1.807) is 14.2 Å². The van der Waals surface area contributed by atoms with Gasteiger partial charge in [0.15, 0.2) is 11.5 Å². The molecule has 1 heterocycles. The predicted molar refractivity (Wildman–Crippen MR) is 94.8 cm³/mol. The third-order valence-corrected chi connectivity index (χ3v) is 4.78. The SMILES string of the molecule is COc1cc2c(cc1OC)C(c1ccccc1C(C)O)CN(C)C2. The van der Waals surface area contributed by atoms with E-state index in [0.717, 1.165) is 30.2 Å². The second-order valence-electron chi connectivity index (χ2n) is 6.46. The van der Waals surface area contributed by atoms with Crippen molar-refractivity contribution in [1.82, 2.24) is 4.90 Å². The third kappa shape index (κ3) is 2.99. The first-order valence-electron chi connectivity index (χ1n) is 8.25. The van der Waals surface area contributed by atoms with Gasteiger partial charge >= 0.3 is 0 Å². The van der Waals surface area contributed by atoms with Crippen LogP contribution in [-0.2, 0) is 6.54 Å². The highest BCUT2D eigenvalue weighted by molar-refractivity contribution is 5.52. The lowest BCUT2D eigenvalue weighted by atomic mass is 9.81. The van der Waals surface area contributed by atoms with Crippen molar-refractivity contribution in [3.8, 4) is 11.5 Å². The monoisotopic (exact) mass is 327 g/mol. The van der Waals surface area contributed by atoms with Gasteiger partial charge in [-0.2, -0.15) is 0 Å². The summed E-state index contributed by atoms with van der Waals surface area (Å²) in [5, 5.41) is 10.2. The number of fused-ring (bicyclic) bond motifs is 1. The Kier molecular flexibility index (Phi) is 4.78. The minimum atomic E-state index is -0.489. The van der Waals surface area contributed by atoms with Gasteiger partial charge in [0.2, 0.25) is 0 Å². The molecule has 2 atom stereocenters. The smallest absolute Gasteiger partial charge is 0.161 e. The number of nitrogens with zero attached hydrogens (tertiary/aromatic N) is 1. The van der Waals surface area contributed by atoms with Crippen molar-refractivity contribution in [3.63, 3.8) is 0 Å². The van der Waals surface area contributed by atoms with Crippen LogP contribution in [0.5, 0.6) is 11.5 Å². The number of ether oxygens (including phenoxy) is 2. The van der Waals surface area contributed by atoms with Gasteiger partial charge in [-0.25, -0.2) is 0 Å². The molecular weight excluding hydrogens is 302 g/mol. The van der Waals surface area contributed by atoms with Crippen molar-refractivity contribution in [2.75, 3.05) is 27.8 Å². The van der Waals surface area contributed by atoms with Crippen LogP contribution in [0.15, 0.2) is 36.4 Å². The maximum Gasteiger partial charge on any atom is 0.161 e. The zero-order valence-electron chi connectivity index (χ0n) is 14.7. The Hall–Kier alpha value is -2.04. The summed E-state index contributed by atoms with van der Waals surface area (Å²) in [7, 11) is 5.45. The maximum atomic E-state index is 10.2. The number of likely N-dealkylation sites (N-methyl/N-ethyl adjacent to an activating group) is 1. The summed E-state index contributed by atoms with van der Waals surface area (Å²) in [6.07, 6.45) is -0.489. The Morgan fingerprint density at radius 1 is 1.08 bits per heavy atom. The standard InChI is InChI=1S/C20H25NO3/c1-13(22)15-7-5-6-8-16(15)18-12-21(2)11-14-9-19(23-3)20(24-4)10-17(14)18/h5-10,13,18,22H,11-12H2,1-4H3. The molecule has 0 aromatic heterocycles.